The molecule has 0 saturated heterocycles. The zero-order chi connectivity index (χ0) is 13.4. The maximum Gasteiger partial charge on any atom is 0.315 e. The van der Waals surface area contributed by atoms with Gasteiger partial charge in [-0.05, 0) is 17.7 Å². The molecule has 1 aromatic rings. The van der Waals surface area contributed by atoms with Gasteiger partial charge in [0.05, 0.1) is 13.5 Å². The highest BCUT2D eigenvalue weighted by molar-refractivity contribution is 5.75. The third kappa shape index (κ3) is 5.29. The van der Waals surface area contributed by atoms with Crippen LogP contribution < -0.4 is 10.6 Å². The van der Waals surface area contributed by atoms with Crippen LogP contribution in [0.15, 0.2) is 24.3 Å². The number of esters is 1. The maximum absolute atomic E-state index is 12.8. The molecule has 0 aliphatic rings. The molecule has 0 radical (unpaired) electrons. The summed E-state index contributed by atoms with van der Waals surface area (Å²) in [6.07, 6.45) is 0.115. The Morgan fingerprint density at radius 2 is 2.11 bits per heavy atom. The van der Waals surface area contributed by atoms with Crippen molar-refractivity contribution < 1.29 is 18.7 Å². The molecule has 0 aromatic heterocycles. The number of halogens is 1. The summed E-state index contributed by atoms with van der Waals surface area (Å²) in [5.41, 5.74) is 0.665. The molecule has 6 heteroatoms. The van der Waals surface area contributed by atoms with Gasteiger partial charge in [0.2, 0.25) is 0 Å². The Labute approximate surface area is 104 Å². The number of hydrogen-bond acceptors (Lipinski definition) is 3. The van der Waals surface area contributed by atoms with E-state index in [2.05, 4.69) is 15.4 Å². The standard InChI is InChI=1S/C12H15FN2O3/c1-18-11(16)5-6-14-12(17)15-8-9-3-2-4-10(13)7-9/h2-4,7H,5-6,8H2,1H3,(H2,14,15,17). The second-order valence-corrected chi connectivity index (χ2v) is 3.57. The van der Waals surface area contributed by atoms with E-state index in [1.54, 1.807) is 12.1 Å². The van der Waals surface area contributed by atoms with E-state index in [0.29, 0.717) is 5.56 Å². The summed E-state index contributed by atoms with van der Waals surface area (Å²) in [5.74, 6) is -0.735. The molecule has 0 unspecified atom stereocenters. The highest BCUT2D eigenvalue weighted by Crippen LogP contribution is 2.02. The molecule has 1 aromatic carbocycles. The van der Waals surface area contributed by atoms with Gasteiger partial charge in [0, 0.05) is 13.1 Å². The van der Waals surface area contributed by atoms with Crippen LogP contribution >= 0.6 is 0 Å². The van der Waals surface area contributed by atoms with Crippen molar-refractivity contribution >= 4 is 12.0 Å². The average molecular weight is 254 g/mol. The molecular weight excluding hydrogens is 239 g/mol. The zero-order valence-electron chi connectivity index (χ0n) is 10.0. The Kier molecular flexibility index (Phi) is 5.63. The molecule has 0 aliphatic heterocycles. The number of amides is 2. The summed E-state index contributed by atoms with van der Waals surface area (Å²) in [6, 6.07) is 5.54. The van der Waals surface area contributed by atoms with E-state index in [4.69, 9.17) is 0 Å². The van der Waals surface area contributed by atoms with E-state index >= 15 is 0 Å². The minimum Gasteiger partial charge on any atom is -0.469 e. The number of carbonyl (C=O) groups is 2. The van der Waals surface area contributed by atoms with E-state index in [0.717, 1.165) is 0 Å². The molecule has 0 atom stereocenters. The second kappa shape index (κ2) is 7.26. The minimum absolute atomic E-state index is 0.115. The number of urea groups is 1. The molecule has 0 spiro atoms. The van der Waals surface area contributed by atoms with Crippen LogP contribution in [0.2, 0.25) is 0 Å². The maximum atomic E-state index is 12.8. The highest BCUT2D eigenvalue weighted by Gasteiger charge is 2.03. The van der Waals surface area contributed by atoms with Gasteiger partial charge in [-0.2, -0.15) is 0 Å². The van der Waals surface area contributed by atoms with Crippen LogP contribution in [0.25, 0.3) is 0 Å². The Bertz CT molecular complexity index is 424. The Balaban J connectivity index is 2.23. The molecule has 0 saturated carbocycles. The van der Waals surface area contributed by atoms with Crippen molar-refractivity contribution in [1.82, 2.24) is 10.6 Å². The van der Waals surface area contributed by atoms with Gasteiger partial charge in [0.25, 0.3) is 0 Å². The number of benzene rings is 1. The summed E-state index contributed by atoms with van der Waals surface area (Å²) < 4.78 is 17.3. The third-order valence-corrected chi connectivity index (χ3v) is 2.18. The van der Waals surface area contributed by atoms with Crippen molar-refractivity contribution in [3.63, 3.8) is 0 Å². The number of carbonyl (C=O) groups excluding carboxylic acids is 2. The number of ether oxygens (including phenoxy) is 1. The summed E-state index contributed by atoms with van der Waals surface area (Å²) >= 11 is 0. The number of methoxy groups -OCH3 is 1. The van der Waals surface area contributed by atoms with Gasteiger partial charge in [0.15, 0.2) is 0 Å². The fourth-order valence-corrected chi connectivity index (χ4v) is 1.27. The van der Waals surface area contributed by atoms with Crippen molar-refractivity contribution in [2.24, 2.45) is 0 Å². The van der Waals surface area contributed by atoms with Crippen molar-refractivity contribution in [3.05, 3.63) is 35.6 Å². The Hall–Kier alpha value is -2.11. The average Bonchev–Trinajstić information content (AvgIpc) is 2.36. The zero-order valence-corrected chi connectivity index (χ0v) is 10.0. The van der Waals surface area contributed by atoms with E-state index in [1.165, 1.54) is 19.2 Å². The van der Waals surface area contributed by atoms with Gasteiger partial charge in [-0.15, -0.1) is 0 Å². The highest BCUT2D eigenvalue weighted by atomic mass is 19.1. The molecule has 0 bridgehead atoms. The predicted octanol–water partition coefficient (Wildman–Crippen LogP) is 1.19. The molecule has 2 N–H and O–H groups in total. The van der Waals surface area contributed by atoms with E-state index < -0.39 is 6.03 Å². The van der Waals surface area contributed by atoms with Gasteiger partial charge in [-0.25, -0.2) is 9.18 Å². The van der Waals surface area contributed by atoms with Crippen LogP contribution in [-0.4, -0.2) is 25.7 Å². The SMILES string of the molecule is COC(=O)CCNC(=O)NCc1cccc(F)c1. The third-order valence-electron chi connectivity index (χ3n) is 2.18. The lowest BCUT2D eigenvalue weighted by molar-refractivity contribution is -0.140. The first-order chi connectivity index (χ1) is 8.61. The number of hydrogen-bond donors (Lipinski definition) is 2. The molecule has 0 fully saturated rings. The van der Waals surface area contributed by atoms with Gasteiger partial charge in [0.1, 0.15) is 5.82 Å². The van der Waals surface area contributed by atoms with Crippen LogP contribution in [0.5, 0.6) is 0 Å². The largest absolute Gasteiger partial charge is 0.469 e. The number of nitrogens with one attached hydrogen (secondary N) is 2. The van der Waals surface area contributed by atoms with E-state index in [1.807, 2.05) is 0 Å². The first kappa shape index (κ1) is 14.0. The molecule has 98 valence electrons. The van der Waals surface area contributed by atoms with Crippen LogP contribution in [0.3, 0.4) is 0 Å². The Morgan fingerprint density at radius 1 is 1.33 bits per heavy atom. The summed E-state index contributed by atoms with van der Waals surface area (Å²) in [5, 5.41) is 5.04. The quantitative estimate of drug-likeness (QED) is 0.775. The topological polar surface area (TPSA) is 67.4 Å². The van der Waals surface area contributed by atoms with Crippen LogP contribution in [0.1, 0.15) is 12.0 Å². The molecular formula is C12H15FN2O3. The predicted molar refractivity (Wildman–Crippen MR) is 63.3 cm³/mol. The number of rotatable bonds is 5. The van der Waals surface area contributed by atoms with Crippen molar-refractivity contribution in [3.8, 4) is 0 Å². The molecule has 0 aliphatic carbocycles. The normalized spacial score (nSPS) is 9.67. The van der Waals surface area contributed by atoms with Gasteiger partial charge in [-0.3, -0.25) is 4.79 Å². The Morgan fingerprint density at radius 3 is 2.78 bits per heavy atom. The summed E-state index contributed by atoms with van der Waals surface area (Å²) in [4.78, 5) is 22.1. The van der Waals surface area contributed by atoms with Crippen molar-refractivity contribution in [1.29, 1.82) is 0 Å². The smallest absolute Gasteiger partial charge is 0.315 e. The lowest BCUT2D eigenvalue weighted by atomic mass is 10.2. The molecule has 2 amide bonds. The van der Waals surface area contributed by atoms with Crippen molar-refractivity contribution in [2.75, 3.05) is 13.7 Å². The molecule has 5 nitrogen and oxygen atoms in total. The van der Waals surface area contributed by atoms with Crippen LogP contribution in [-0.2, 0) is 16.1 Å². The fraction of sp³-hybridized carbons (Fsp3) is 0.333. The minimum atomic E-state index is -0.414. The van der Waals surface area contributed by atoms with Crippen LogP contribution in [0.4, 0.5) is 9.18 Å². The molecule has 0 heterocycles. The molecule has 18 heavy (non-hydrogen) atoms. The van der Waals surface area contributed by atoms with E-state index in [-0.39, 0.29) is 31.3 Å². The lowest BCUT2D eigenvalue weighted by Gasteiger charge is -2.07. The lowest BCUT2D eigenvalue weighted by Crippen LogP contribution is -2.36. The first-order valence-corrected chi connectivity index (χ1v) is 5.45. The van der Waals surface area contributed by atoms with E-state index in [9.17, 15) is 14.0 Å². The first-order valence-electron chi connectivity index (χ1n) is 5.45. The monoisotopic (exact) mass is 254 g/mol. The molecule has 1 rings (SSSR count). The summed E-state index contributed by atoms with van der Waals surface area (Å²) in [6.45, 7) is 0.420. The van der Waals surface area contributed by atoms with Crippen LogP contribution in [0, 0.1) is 5.82 Å². The van der Waals surface area contributed by atoms with Gasteiger partial charge in [-0.1, -0.05) is 12.1 Å². The van der Waals surface area contributed by atoms with Gasteiger partial charge < -0.3 is 15.4 Å². The summed E-state index contributed by atoms with van der Waals surface area (Å²) in [7, 11) is 1.28. The van der Waals surface area contributed by atoms with Gasteiger partial charge >= 0.3 is 12.0 Å². The second-order valence-electron chi connectivity index (χ2n) is 3.57. The fourth-order valence-electron chi connectivity index (χ4n) is 1.27. The van der Waals surface area contributed by atoms with Crippen molar-refractivity contribution in [2.45, 2.75) is 13.0 Å².